The summed E-state index contributed by atoms with van der Waals surface area (Å²) in [6.45, 7) is 19.5. The first-order valence-electron chi connectivity index (χ1n) is 31.4. The Bertz CT molecular complexity index is 3620. The number of halogens is 1. The van der Waals surface area contributed by atoms with E-state index in [-0.39, 0.29) is 70.0 Å². The summed E-state index contributed by atoms with van der Waals surface area (Å²) in [6.07, 6.45) is 17.8. The van der Waals surface area contributed by atoms with E-state index in [2.05, 4.69) is 113 Å². The second-order valence-electron chi connectivity index (χ2n) is 24.5. The van der Waals surface area contributed by atoms with E-state index in [1.807, 2.05) is 56.5 Å². The number of amides is 3. The highest BCUT2D eigenvalue weighted by atomic mass is 127. The molecule has 0 saturated heterocycles. The predicted octanol–water partition coefficient (Wildman–Crippen LogP) is 15.3. The van der Waals surface area contributed by atoms with Crippen molar-refractivity contribution in [2.45, 2.75) is 141 Å². The minimum atomic E-state index is -0.768. The van der Waals surface area contributed by atoms with Crippen molar-refractivity contribution < 1.29 is 33.8 Å². The number of aliphatic hydroxyl groups excluding tert-OH is 1. The fraction of sp³-hybridized carbons (Fsp3) is 0.431. The molecule has 5 heterocycles. The molecule has 3 aromatic rings. The molecule has 1 aromatic heterocycles. The number of carbonyl (C=O) groups is 5. The van der Waals surface area contributed by atoms with Gasteiger partial charge in [0.2, 0.25) is 21.5 Å². The first-order valence-corrected chi connectivity index (χ1v) is 36.8. The van der Waals surface area contributed by atoms with E-state index in [1.165, 1.54) is 70.7 Å². The topological polar surface area (TPSA) is 188 Å². The Morgan fingerprint density at radius 3 is 2.43 bits per heavy atom. The average Bonchev–Trinajstić information content (AvgIpc) is 1.93. The molecule has 2 aliphatic carbocycles. The van der Waals surface area contributed by atoms with Gasteiger partial charge >= 0.3 is 0 Å². The standard InChI is InChI=1S/C72H83IN6O7S5/c1-10-58(76-59(34-66(83)74-8)72-79-68(45(7)90-72)70(85)78-67(41(2)3)63-18-14-17-56(64(91-63)37-86-9)69(84)75-35-65(73)82)60-40-89-71(77-60)55-27-24-48(54-29-28-53(44(54)6)43(5)31-51(36-80)46-21-19-42(4)20-22-46)32-57(55)49-25-30-62(88-38-49)50-23-26-52(87-39-50)33-61(81)47-15-12-11-13-16-47/h11-13,15-16,18,24-28,32,36,38-42,44-46,51,54,59,61,67-68,76,81H,1,5,14,17,19-23,29,31,33-35,37H2,2-4,6-9H3,(H,74,83)(H,75,84)(H,78,85)/t42?,44-,45?,46?,51?,54?,59-,61+,67-,68?/m0/s1. The third kappa shape index (κ3) is 17.9. The number of aliphatic hydroxyl groups is 1. The van der Waals surface area contributed by atoms with Crippen molar-refractivity contribution in [3.05, 3.63) is 178 Å². The Labute approximate surface area is 571 Å². The molecule has 1 saturated carbocycles. The molecule has 0 bridgehead atoms. The van der Waals surface area contributed by atoms with Gasteiger partial charge in [0, 0.05) is 80.7 Å². The molecule has 0 radical (unpaired) electrons. The van der Waals surface area contributed by atoms with Gasteiger partial charge in [0.1, 0.15) is 28.7 Å². The third-order valence-corrected chi connectivity index (χ3v) is 23.7. The van der Waals surface area contributed by atoms with Crippen LogP contribution in [0.15, 0.2) is 161 Å². The number of nitrogens with one attached hydrogen (secondary N) is 4. The van der Waals surface area contributed by atoms with E-state index in [0.717, 1.165) is 84.1 Å². The van der Waals surface area contributed by atoms with Gasteiger partial charge in [-0.25, -0.2) is 4.98 Å². The zero-order chi connectivity index (χ0) is 64.9. The van der Waals surface area contributed by atoms with Crippen molar-refractivity contribution >= 4 is 125 Å². The molecule has 4 aliphatic heterocycles. The molecule has 0 spiro atoms. The number of hydrogen-bond donors (Lipinski definition) is 5. The first-order chi connectivity index (χ1) is 43.9. The minimum Gasteiger partial charge on any atom is -0.388 e. The van der Waals surface area contributed by atoms with Crippen LogP contribution < -0.4 is 21.3 Å². The van der Waals surface area contributed by atoms with Crippen molar-refractivity contribution in [3.8, 4) is 10.6 Å². The zero-order valence-electron chi connectivity index (χ0n) is 52.9. The van der Waals surface area contributed by atoms with E-state index < -0.39 is 24.2 Å². The van der Waals surface area contributed by atoms with Gasteiger partial charge < -0.3 is 35.9 Å². The largest absolute Gasteiger partial charge is 0.388 e. The highest BCUT2D eigenvalue weighted by Gasteiger charge is 2.39. The number of ether oxygens (including phenoxy) is 1. The van der Waals surface area contributed by atoms with Crippen LogP contribution in [0.2, 0.25) is 0 Å². The molecular weight excluding hydrogens is 1350 g/mol. The quantitative estimate of drug-likeness (QED) is 0.0210. The van der Waals surface area contributed by atoms with Crippen molar-refractivity contribution in [2.75, 3.05) is 27.3 Å². The fourth-order valence-corrected chi connectivity index (χ4v) is 18.2. The number of benzene rings is 2. The minimum absolute atomic E-state index is 0.0126. The molecule has 6 aliphatic rings. The second-order valence-corrected chi connectivity index (χ2v) is 31.0. The van der Waals surface area contributed by atoms with Gasteiger partial charge in [0.25, 0.3) is 0 Å². The first kappa shape index (κ1) is 69.9. The Morgan fingerprint density at radius 1 is 0.978 bits per heavy atom. The number of nitrogens with zero attached hydrogens (tertiary/aromatic N) is 2. The number of aromatic nitrogens is 1. The van der Waals surface area contributed by atoms with Crippen LogP contribution in [0.5, 0.6) is 0 Å². The van der Waals surface area contributed by atoms with E-state index in [0.29, 0.717) is 53.6 Å². The fourth-order valence-electron chi connectivity index (χ4n) is 12.6. The highest BCUT2D eigenvalue weighted by Crippen LogP contribution is 2.48. The van der Waals surface area contributed by atoms with E-state index in [9.17, 15) is 29.1 Å². The predicted molar refractivity (Wildman–Crippen MR) is 387 cm³/mol. The van der Waals surface area contributed by atoms with Crippen LogP contribution >= 0.6 is 81.0 Å². The molecule has 2 aromatic carbocycles. The lowest BCUT2D eigenvalue weighted by Crippen LogP contribution is -2.45. The molecule has 9 rings (SSSR count). The molecule has 1 fully saturated rings. The van der Waals surface area contributed by atoms with Crippen LogP contribution in [0.1, 0.15) is 140 Å². The smallest absolute Gasteiger partial charge is 0.248 e. The summed E-state index contributed by atoms with van der Waals surface area (Å²) in [5.41, 5.74) is 17.0. The number of aldehydes is 1. The molecule has 8 atom stereocenters. The molecule has 91 heavy (non-hydrogen) atoms. The molecule has 5 N–H and O–H groups in total. The van der Waals surface area contributed by atoms with Crippen molar-refractivity contribution in [1.82, 2.24) is 26.3 Å². The van der Waals surface area contributed by atoms with Gasteiger partial charge in [0.05, 0.1) is 47.7 Å². The van der Waals surface area contributed by atoms with Gasteiger partial charge in [0.15, 0.2) is 0 Å². The maximum Gasteiger partial charge on any atom is 0.248 e. The summed E-state index contributed by atoms with van der Waals surface area (Å²) < 4.78 is 5.37. The van der Waals surface area contributed by atoms with Crippen molar-refractivity contribution in [3.63, 3.8) is 0 Å². The number of methoxy groups -OCH3 is 1. The Morgan fingerprint density at radius 2 is 1.76 bits per heavy atom. The lowest BCUT2D eigenvalue weighted by molar-refractivity contribution is -0.123. The van der Waals surface area contributed by atoms with Crippen molar-refractivity contribution in [1.29, 1.82) is 0 Å². The summed E-state index contributed by atoms with van der Waals surface area (Å²) in [4.78, 5) is 79.5. The number of allylic oxidation sites excluding steroid dienone is 7. The Kier molecular flexibility index (Phi) is 25.4. The third-order valence-electron chi connectivity index (χ3n) is 17.9. The maximum atomic E-state index is 14.5. The van der Waals surface area contributed by atoms with Crippen LogP contribution in [0.25, 0.3) is 21.8 Å². The maximum absolute atomic E-state index is 14.5. The number of rotatable bonds is 27. The summed E-state index contributed by atoms with van der Waals surface area (Å²) in [7, 11) is 3.17. The summed E-state index contributed by atoms with van der Waals surface area (Å²) in [5.74, 6) is 0.715. The van der Waals surface area contributed by atoms with Crippen LogP contribution in [0, 0.1) is 29.6 Å². The van der Waals surface area contributed by atoms with Gasteiger partial charge in [-0.2, -0.15) is 0 Å². The summed E-state index contributed by atoms with van der Waals surface area (Å²) >= 11 is 9.36. The lowest BCUT2D eigenvalue weighted by Gasteiger charge is -2.31. The molecule has 4 unspecified atom stereocenters. The summed E-state index contributed by atoms with van der Waals surface area (Å²) in [5, 5.41) is 30.8. The Balaban J connectivity index is 0.952. The second kappa shape index (κ2) is 33.1. The van der Waals surface area contributed by atoms with Gasteiger partial charge in [-0.15, -0.1) is 46.3 Å². The molecule has 480 valence electrons. The van der Waals surface area contributed by atoms with Crippen LogP contribution in [0.3, 0.4) is 0 Å². The number of carbonyl (C=O) groups excluding carboxylic acids is 5. The normalized spacial score (nSPS) is 22.9. The number of aliphatic imine (C=N–C) groups is 1. The monoisotopic (exact) mass is 1430 g/mol. The van der Waals surface area contributed by atoms with Crippen LogP contribution in [-0.4, -0.2) is 93.6 Å². The van der Waals surface area contributed by atoms with Crippen molar-refractivity contribution in [2.24, 2.45) is 34.6 Å². The molecule has 19 heteroatoms. The van der Waals surface area contributed by atoms with Crippen LogP contribution in [0.4, 0.5) is 0 Å². The Hall–Kier alpha value is -5.44. The molecule has 3 amide bonds. The SMILES string of the molecule is C=C=C(N[C@@H](CC(=O)NC)C1=NC(C(=O)N[C@H](C2=CCCC(C(=O)NCC(=O)I)=C(COC)S2)C(C)C)C(C)S1)c1csc(-c2ccc(C3CC=C(C(=C)CC(C=O)C4CCC(C)CC4)[C@@H]3C)cc2C2=CSC(C3=CSC(C[C@@H](O)c4ccccc4)=CC3)=C=C2)n1. The highest BCUT2D eigenvalue weighted by molar-refractivity contribution is 14.1. The van der Waals surface area contributed by atoms with Gasteiger partial charge in [-0.3, -0.25) is 24.2 Å². The molecule has 13 nitrogen and oxygen atoms in total. The van der Waals surface area contributed by atoms with E-state index >= 15 is 0 Å². The van der Waals surface area contributed by atoms with E-state index in [4.69, 9.17) is 14.7 Å². The number of hydrogen-bond acceptors (Lipinski definition) is 15. The lowest BCUT2D eigenvalue weighted by atomic mass is 9.74. The van der Waals surface area contributed by atoms with Gasteiger partial charge in [-0.1, -0.05) is 156 Å². The van der Waals surface area contributed by atoms with Gasteiger partial charge in [-0.05, 0) is 130 Å². The van der Waals surface area contributed by atoms with Crippen LogP contribution in [-0.2, 0) is 28.7 Å². The number of thioether (sulfide) groups is 4. The average molecular weight is 1430 g/mol. The zero-order valence-corrected chi connectivity index (χ0v) is 59.1. The van der Waals surface area contributed by atoms with E-state index in [1.54, 1.807) is 60.3 Å². The summed E-state index contributed by atoms with van der Waals surface area (Å²) in [6, 6.07) is 14.7. The molecular formula is C72H83IN6O7S5. The number of thiazole rings is 1.